The lowest BCUT2D eigenvalue weighted by atomic mass is 10.0. The van der Waals surface area contributed by atoms with Gasteiger partial charge in [-0.1, -0.05) is 0 Å². The molecule has 92 valence electrons. The molecule has 0 radical (unpaired) electrons. The fraction of sp³-hybridized carbons (Fsp3) is 0.462. The standard InChI is InChI=1S/C13H17ClN2O/c14-6-2-1-3-13(17)10-4-5-12-11(7-10)8-15-9-16-12/h4-5,7,15-16H,1-3,6,8-9H2. The smallest absolute Gasteiger partial charge is 0.162 e. The number of carbonyl (C=O) groups is 1. The van der Waals surface area contributed by atoms with Gasteiger partial charge in [0, 0.05) is 30.1 Å². The third kappa shape index (κ3) is 3.20. The van der Waals surface area contributed by atoms with E-state index in [1.807, 2.05) is 18.2 Å². The van der Waals surface area contributed by atoms with Crippen LogP contribution in [0.1, 0.15) is 35.2 Å². The molecule has 0 amide bonds. The third-order valence-electron chi connectivity index (χ3n) is 2.93. The van der Waals surface area contributed by atoms with Crippen molar-refractivity contribution in [2.75, 3.05) is 17.9 Å². The van der Waals surface area contributed by atoms with E-state index in [-0.39, 0.29) is 5.78 Å². The van der Waals surface area contributed by atoms with Gasteiger partial charge in [-0.05, 0) is 36.6 Å². The van der Waals surface area contributed by atoms with Crippen molar-refractivity contribution in [3.8, 4) is 0 Å². The Hall–Kier alpha value is -1.06. The lowest BCUT2D eigenvalue weighted by Crippen LogP contribution is -2.27. The zero-order valence-electron chi connectivity index (χ0n) is 9.76. The highest BCUT2D eigenvalue weighted by Gasteiger charge is 2.11. The van der Waals surface area contributed by atoms with E-state index in [9.17, 15) is 4.79 Å². The Bertz CT molecular complexity index is 406. The van der Waals surface area contributed by atoms with Gasteiger partial charge in [0.15, 0.2) is 5.78 Å². The summed E-state index contributed by atoms with van der Waals surface area (Å²) in [6, 6.07) is 5.88. The Morgan fingerprint density at radius 2 is 2.24 bits per heavy atom. The number of anilines is 1. The molecule has 2 rings (SSSR count). The third-order valence-corrected chi connectivity index (χ3v) is 3.20. The molecule has 1 aliphatic heterocycles. The second kappa shape index (κ2) is 6.03. The molecule has 0 aromatic heterocycles. The van der Waals surface area contributed by atoms with Gasteiger partial charge in [-0.3, -0.25) is 10.1 Å². The first-order valence-corrected chi connectivity index (χ1v) is 6.51. The number of halogens is 1. The Morgan fingerprint density at radius 1 is 1.35 bits per heavy atom. The van der Waals surface area contributed by atoms with Crippen molar-refractivity contribution in [1.29, 1.82) is 0 Å². The Labute approximate surface area is 107 Å². The summed E-state index contributed by atoms with van der Waals surface area (Å²) < 4.78 is 0. The molecule has 0 fully saturated rings. The Kier molecular flexibility index (Phi) is 4.40. The summed E-state index contributed by atoms with van der Waals surface area (Å²) in [7, 11) is 0. The number of alkyl halides is 1. The lowest BCUT2D eigenvalue weighted by Gasteiger charge is -2.19. The number of hydrogen-bond donors (Lipinski definition) is 2. The van der Waals surface area contributed by atoms with Crippen LogP contribution in [0.3, 0.4) is 0 Å². The van der Waals surface area contributed by atoms with Crippen molar-refractivity contribution in [3.63, 3.8) is 0 Å². The molecule has 0 aliphatic carbocycles. The van der Waals surface area contributed by atoms with E-state index < -0.39 is 0 Å². The molecular weight excluding hydrogens is 236 g/mol. The van der Waals surface area contributed by atoms with Gasteiger partial charge in [-0.2, -0.15) is 0 Å². The van der Waals surface area contributed by atoms with E-state index in [2.05, 4.69) is 10.6 Å². The van der Waals surface area contributed by atoms with E-state index in [4.69, 9.17) is 11.6 Å². The number of fused-ring (bicyclic) bond motifs is 1. The van der Waals surface area contributed by atoms with Gasteiger partial charge < -0.3 is 5.32 Å². The van der Waals surface area contributed by atoms with E-state index in [1.165, 1.54) is 5.56 Å². The van der Waals surface area contributed by atoms with Crippen LogP contribution in [-0.2, 0) is 6.54 Å². The first kappa shape index (κ1) is 12.4. The molecule has 3 nitrogen and oxygen atoms in total. The molecule has 0 spiro atoms. The summed E-state index contributed by atoms with van der Waals surface area (Å²) in [5.74, 6) is 0.842. The molecule has 17 heavy (non-hydrogen) atoms. The number of hydrogen-bond acceptors (Lipinski definition) is 3. The Morgan fingerprint density at radius 3 is 3.06 bits per heavy atom. The van der Waals surface area contributed by atoms with Crippen LogP contribution in [0.5, 0.6) is 0 Å². The van der Waals surface area contributed by atoms with E-state index in [0.29, 0.717) is 12.3 Å². The summed E-state index contributed by atoms with van der Waals surface area (Å²) in [5.41, 5.74) is 3.10. The molecule has 2 N–H and O–H groups in total. The lowest BCUT2D eigenvalue weighted by molar-refractivity contribution is 0.0980. The van der Waals surface area contributed by atoms with Crippen LogP contribution in [-0.4, -0.2) is 18.3 Å². The molecule has 1 aliphatic rings. The number of benzene rings is 1. The summed E-state index contributed by atoms with van der Waals surface area (Å²) in [5, 5.41) is 6.46. The largest absolute Gasteiger partial charge is 0.372 e. The molecule has 0 saturated heterocycles. The number of nitrogens with one attached hydrogen (secondary N) is 2. The van der Waals surface area contributed by atoms with Crippen LogP contribution in [0.25, 0.3) is 0 Å². The van der Waals surface area contributed by atoms with Gasteiger partial charge in [-0.25, -0.2) is 0 Å². The number of carbonyl (C=O) groups excluding carboxylic acids is 1. The van der Waals surface area contributed by atoms with Gasteiger partial charge in [0.25, 0.3) is 0 Å². The normalized spacial score (nSPS) is 13.9. The number of rotatable bonds is 5. The summed E-state index contributed by atoms with van der Waals surface area (Å²) >= 11 is 5.60. The van der Waals surface area contributed by atoms with Gasteiger partial charge in [0.2, 0.25) is 0 Å². The molecule has 4 heteroatoms. The highest BCUT2D eigenvalue weighted by Crippen LogP contribution is 2.20. The number of ketones is 1. The summed E-state index contributed by atoms with van der Waals surface area (Å²) in [4.78, 5) is 11.9. The van der Waals surface area contributed by atoms with E-state index in [0.717, 1.165) is 37.3 Å². The average Bonchev–Trinajstić information content (AvgIpc) is 2.38. The van der Waals surface area contributed by atoms with Crippen LogP contribution in [0, 0.1) is 0 Å². The molecular formula is C13H17ClN2O. The highest BCUT2D eigenvalue weighted by molar-refractivity contribution is 6.17. The van der Waals surface area contributed by atoms with E-state index in [1.54, 1.807) is 0 Å². The molecule has 1 heterocycles. The number of Topliss-reactive ketones (excluding diaryl/α,β-unsaturated/α-hetero) is 1. The monoisotopic (exact) mass is 252 g/mol. The van der Waals surface area contributed by atoms with Gasteiger partial charge in [0.1, 0.15) is 0 Å². The van der Waals surface area contributed by atoms with Crippen LogP contribution in [0.4, 0.5) is 5.69 Å². The van der Waals surface area contributed by atoms with Crippen molar-refractivity contribution in [2.45, 2.75) is 25.8 Å². The quantitative estimate of drug-likeness (QED) is 0.481. The van der Waals surface area contributed by atoms with Crippen molar-refractivity contribution < 1.29 is 4.79 Å². The van der Waals surface area contributed by atoms with Crippen molar-refractivity contribution >= 4 is 23.1 Å². The van der Waals surface area contributed by atoms with Crippen molar-refractivity contribution in [1.82, 2.24) is 5.32 Å². The van der Waals surface area contributed by atoms with Crippen LogP contribution >= 0.6 is 11.6 Å². The van der Waals surface area contributed by atoms with E-state index >= 15 is 0 Å². The molecule has 1 aromatic rings. The second-order valence-electron chi connectivity index (χ2n) is 4.22. The predicted octanol–water partition coefficient (Wildman–Crippen LogP) is 2.75. The minimum Gasteiger partial charge on any atom is -0.372 e. The van der Waals surface area contributed by atoms with Crippen molar-refractivity contribution in [3.05, 3.63) is 29.3 Å². The van der Waals surface area contributed by atoms with Gasteiger partial charge in [0.05, 0.1) is 6.67 Å². The van der Waals surface area contributed by atoms with Crippen molar-refractivity contribution in [2.24, 2.45) is 0 Å². The average molecular weight is 253 g/mol. The molecule has 0 atom stereocenters. The molecule has 1 aromatic carbocycles. The topological polar surface area (TPSA) is 41.1 Å². The van der Waals surface area contributed by atoms with Crippen LogP contribution in [0.2, 0.25) is 0 Å². The molecule has 0 bridgehead atoms. The first-order chi connectivity index (χ1) is 8.31. The van der Waals surface area contributed by atoms with Gasteiger partial charge in [-0.15, -0.1) is 11.6 Å². The minimum absolute atomic E-state index is 0.212. The highest BCUT2D eigenvalue weighted by atomic mass is 35.5. The fourth-order valence-electron chi connectivity index (χ4n) is 1.97. The Balaban J connectivity index is 2.03. The summed E-state index contributed by atoms with van der Waals surface area (Å²) in [6.45, 7) is 1.61. The fourth-order valence-corrected chi connectivity index (χ4v) is 2.15. The van der Waals surface area contributed by atoms with Crippen LogP contribution < -0.4 is 10.6 Å². The first-order valence-electron chi connectivity index (χ1n) is 5.98. The maximum absolute atomic E-state index is 11.9. The number of unbranched alkanes of at least 4 members (excludes halogenated alkanes) is 1. The maximum Gasteiger partial charge on any atom is 0.162 e. The summed E-state index contributed by atoms with van der Waals surface area (Å²) in [6.07, 6.45) is 2.36. The molecule has 0 saturated carbocycles. The zero-order chi connectivity index (χ0) is 12.1. The zero-order valence-corrected chi connectivity index (χ0v) is 10.5. The second-order valence-corrected chi connectivity index (χ2v) is 4.60. The SMILES string of the molecule is O=C(CCCCCl)c1ccc2c(c1)CNCN2. The maximum atomic E-state index is 11.9. The minimum atomic E-state index is 0.212. The molecule has 0 unspecified atom stereocenters. The van der Waals surface area contributed by atoms with Crippen LogP contribution in [0.15, 0.2) is 18.2 Å². The predicted molar refractivity (Wildman–Crippen MR) is 70.7 cm³/mol. The van der Waals surface area contributed by atoms with Gasteiger partial charge >= 0.3 is 0 Å².